The molecule has 0 aliphatic carbocycles. The lowest BCUT2D eigenvalue weighted by atomic mass is 10.1. The molecule has 2 aromatic heterocycles. The molecule has 152 valence electrons. The van der Waals surface area contributed by atoms with Crippen LogP contribution in [0.3, 0.4) is 0 Å². The van der Waals surface area contributed by atoms with E-state index in [4.69, 9.17) is 0 Å². The van der Waals surface area contributed by atoms with Crippen molar-refractivity contribution in [2.75, 3.05) is 5.32 Å². The third kappa shape index (κ3) is 3.76. The quantitative estimate of drug-likeness (QED) is 0.501. The molecule has 0 saturated heterocycles. The zero-order chi connectivity index (χ0) is 21.3. The summed E-state index contributed by atoms with van der Waals surface area (Å²) in [6, 6.07) is 18.0. The normalized spacial score (nSPS) is 11.6. The van der Waals surface area contributed by atoms with Crippen LogP contribution in [0.5, 0.6) is 0 Å². The molecule has 4 aromatic rings. The lowest BCUT2D eigenvalue weighted by Crippen LogP contribution is -2.16. The van der Waals surface area contributed by atoms with Crippen LogP contribution < -0.4 is 5.32 Å². The maximum atomic E-state index is 13.7. The van der Waals surface area contributed by atoms with Crippen molar-refractivity contribution >= 4 is 17.2 Å². The number of aryl methyl sites for hydroxylation is 1. The van der Waals surface area contributed by atoms with E-state index in [0.29, 0.717) is 22.2 Å². The molecule has 0 spiro atoms. The first-order valence-corrected chi connectivity index (χ1v) is 9.29. The number of carbonyl (C=O) groups is 1. The average molecular weight is 410 g/mol. The third-order valence-corrected chi connectivity index (χ3v) is 4.67. The summed E-state index contributed by atoms with van der Waals surface area (Å²) in [7, 11) is 0. The molecule has 0 aliphatic rings. The number of alkyl halides is 3. The van der Waals surface area contributed by atoms with Gasteiger partial charge in [-0.15, -0.1) is 0 Å². The van der Waals surface area contributed by atoms with Gasteiger partial charge in [-0.25, -0.2) is 9.50 Å². The van der Waals surface area contributed by atoms with Gasteiger partial charge in [-0.2, -0.15) is 18.3 Å². The van der Waals surface area contributed by atoms with Crippen molar-refractivity contribution in [3.63, 3.8) is 0 Å². The Morgan fingerprint density at radius 2 is 1.73 bits per heavy atom. The molecule has 0 bridgehead atoms. The SMILES string of the molecule is CCc1ccccc1NC(=O)c1cc2nc(-c3ccccc3)cc(C(F)(F)F)n2n1. The number of hydrogen-bond donors (Lipinski definition) is 1. The van der Waals surface area contributed by atoms with E-state index in [0.717, 1.165) is 11.6 Å². The number of fused-ring (bicyclic) bond motifs is 1. The average Bonchev–Trinajstić information content (AvgIpc) is 3.17. The first kappa shape index (κ1) is 19.6. The molecule has 4 rings (SSSR count). The summed E-state index contributed by atoms with van der Waals surface area (Å²) in [6.07, 6.45) is -3.97. The minimum atomic E-state index is -4.67. The van der Waals surface area contributed by atoms with E-state index in [1.807, 2.05) is 19.1 Å². The van der Waals surface area contributed by atoms with Crippen molar-refractivity contribution in [1.29, 1.82) is 0 Å². The zero-order valence-corrected chi connectivity index (χ0v) is 15.9. The Morgan fingerprint density at radius 1 is 1.03 bits per heavy atom. The van der Waals surface area contributed by atoms with Crippen LogP contribution in [-0.4, -0.2) is 20.5 Å². The number of rotatable bonds is 4. The van der Waals surface area contributed by atoms with Crippen LogP contribution in [0.4, 0.5) is 18.9 Å². The highest BCUT2D eigenvalue weighted by molar-refractivity contribution is 6.04. The van der Waals surface area contributed by atoms with Crippen molar-refractivity contribution in [2.24, 2.45) is 0 Å². The molecule has 2 heterocycles. The van der Waals surface area contributed by atoms with E-state index in [2.05, 4.69) is 15.4 Å². The first-order chi connectivity index (χ1) is 14.4. The van der Waals surface area contributed by atoms with Crippen LogP contribution in [0.15, 0.2) is 66.7 Å². The molecule has 0 saturated carbocycles. The van der Waals surface area contributed by atoms with Crippen molar-refractivity contribution in [3.8, 4) is 11.3 Å². The second-order valence-corrected chi connectivity index (χ2v) is 6.65. The van der Waals surface area contributed by atoms with E-state index >= 15 is 0 Å². The Labute approximate surface area is 170 Å². The van der Waals surface area contributed by atoms with Gasteiger partial charge in [0.15, 0.2) is 17.0 Å². The van der Waals surface area contributed by atoms with Crippen molar-refractivity contribution in [2.45, 2.75) is 19.5 Å². The molecule has 0 fully saturated rings. The van der Waals surface area contributed by atoms with Gasteiger partial charge in [-0.3, -0.25) is 4.79 Å². The number of aromatic nitrogens is 3. The van der Waals surface area contributed by atoms with Gasteiger partial charge in [0.25, 0.3) is 5.91 Å². The van der Waals surface area contributed by atoms with Gasteiger partial charge < -0.3 is 5.32 Å². The fourth-order valence-corrected chi connectivity index (χ4v) is 3.18. The van der Waals surface area contributed by atoms with Gasteiger partial charge in [0, 0.05) is 17.3 Å². The number of hydrogen-bond acceptors (Lipinski definition) is 3. The van der Waals surface area contributed by atoms with Gasteiger partial charge in [0.2, 0.25) is 0 Å². The molecule has 0 aliphatic heterocycles. The van der Waals surface area contributed by atoms with Crippen LogP contribution in [0.25, 0.3) is 16.9 Å². The van der Waals surface area contributed by atoms with Gasteiger partial charge in [-0.1, -0.05) is 55.5 Å². The van der Waals surface area contributed by atoms with Crippen LogP contribution >= 0.6 is 0 Å². The predicted octanol–water partition coefficient (Wildman–Crippen LogP) is 5.23. The molecular formula is C22H17F3N4O. The predicted molar refractivity (Wildman–Crippen MR) is 107 cm³/mol. The second-order valence-electron chi connectivity index (χ2n) is 6.65. The fourth-order valence-electron chi connectivity index (χ4n) is 3.18. The Kier molecular flexibility index (Phi) is 4.99. The van der Waals surface area contributed by atoms with Crippen molar-refractivity contribution < 1.29 is 18.0 Å². The number of benzene rings is 2. The Morgan fingerprint density at radius 3 is 2.43 bits per heavy atom. The molecule has 1 N–H and O–H groups in total. The molecule has 8 heteroatoms. The monoisotopic (exact) mass is 410 g/mol. The summed E-state index contributed by atoms with van der Waals surface area (Å²) in [5, 5.41) is 6.61. The van der Waals surface area contributed by atoms with Gasteiger partial charge in [-0.05, 0) is 24.1 Å². The summed E-state index contributed by atoms with van der Waals surface area (Å²) in [5.74, 6) is -0.601. The Hall–Kier alpha value is -3.68. The van der Waals surface area contributed by atoms with Crippen LogP contribution in [-0.2, 0) is 12.6 Å². The zero-order valence-electron chi connectivity index (χ0n) is 15.9. The number of halogens is 3. The van der Waals surface area contributed by atoms with Crippen molar-refractivity contribution in [1.82, 2.24) is 14.6 Å². The topological polar surface area (TPSA) is 59.3 Å². The van der Waals surface area contributed by atoms with E-state index in [1.165, 1.54) is 6.07 Å². The van der Waals surface area contributed by atoms with Gasteiger partial charge in [0.1, 0.15) is 0 Å². The molecule has 30 heavy (non-hydrogen) atoms. The number of para-hydroxylation sites is 1. The molecular weight excluding hydrogens is 393 g/mol. The minimum absolute atomic E-state index is 0.0578. The molecule has 5 nitrogen and oxygen atoms in total. The molecule has 0 radical (unpaired) electrons. The first-order valence-electron chi connectivity index (χ1n) is 9.29. The maximum absolute atomic E-state index is 13.7. The smallest absolute Gasteiger partial charge is 0.320 e. The largest absolute Gasteiger partial charge is 0.433 e. The number of amides is 1. The Balaban J connectivity index is 1.78. The van der Waals surface area contributed by atoms with E-state index in [1.54, 1.807) is 42.5 Å². The van der Waals surface area contributed by atoms with Crippen LogP contribution in [0.1, 0.15) is 28.7 Å². The van der Waals surface area contributed by atoms with Gasteiger partial charge in [0.05, 0.1) is 5.69 Å². The van der Waals surface area contributed by atoms with Crippen LogP contribution in [0.2, 0.25) is 0 Å². The lowest BCUT2D eigenvalue weighted by Gasteiger charge is -2.11. The third-order valence-electron chi connectivity index (χ3n) is 4.67. The number of nitrogens with zero attached hydrogens (tertiary/aromatic N) is 3. The number of carbonyl (C=O) groups excluding carboxylic acids is 1. The summed E-state index contributed by atoms with van der Waals surface area (Å²) < 4.78 is 41.7. The maximum Gasteiger partial charge on any atom is 0.433 e. The van der Waals surface area contributed by atoms with E-state index in [-0.39, 0.29) is 17.0 Å². The van der Waals surface area contributed by atoms with E-state index < -0.39 is 17.8 Å². The summed E-state index contributed by atoms with van der Waals surface area (Å²) >= 11 is 0. The van der Waals surface area contributed by atoms with Gasteiger partial charge >= 0.3 is 6.18 Å². The molecule has 0 unspecified atom stereocenters. The molecule has 1 amide bonds. The number of nitrogens with one attached hydrogen (secondary N) is 1. The minimum Gasteiger partial charge on any atom is -0.320 e. The molecule has 0 atom stereocenters. The summed E-state index contributed by atoms with van der Waals surface area (Å²) in [5.41, 5.74) is 0.986. The highest BCUT2D eigenvalue weighted by atomic mass is 19.4. The Bertz CT molecular complexity index is 1220. The number of anilines is 1. The standard InChI is InChI=1S/C22H17F3N4O/c1-2-14-8-6-7-11-16(14)27-21(30)18-13-20-26-17(15-9-4-3-5-10-15)12-19(22(23,24)25)29(20)28-18/h3-13H,2H2,1H3,(H,27,30). The van der Waals surface area contributed by atoms with E-state index in [9.17, 15) is 18.0 Å². The molecule has 2 aromatic carbocycles. The summed E-state index contributed by atoms with van der Waals surface area (Å²) in [4.78, 5) is 17.0. The second kappa shape index (κ2) is 7.62. The summed E-state index contributed by atoms with van der Waals surface area (Å²) in [6.45, 7) is 1.94. The highest BCUT2D eigenvalue weighted by Gasteiger charge is 2.35. The van der Waals surface area contributed by atoms with Crippen LogP contribution in [0, 0.1) is 0 Å². The van der Waals surface area contributed by atoms with Crippen molar-refractivity contribution in [3.05, 3.63) is 83.7 Å². The lowest BCUT2D eigenvalue weighted by molar-refractivity contribution is -0.142. The highest BCUT2D eigenvalue weighted by Crippen LogP contribution is 2.32. The fraction of sp³-hybridized carbons (Fsp3) is 0.136.